The number of carbonyl (C=O) groups is 1. The predicted molar refractivity (Wildman–Crippen MR) is 86.1 cm³/mol. The van der Waals surface area contributed by atoms with E-state index in [4.69, 9.17) is 0 Å². The van der Waals surface area contributed by atoms with Crippen molar-refractivity contribution in [1.82, 2.24) is 0 Å². The molecule has 2 aromatic carbocycles. The number of carbonyl (C=O) groups excluding carboxylic acids is 1. The molecule has 0 amide bonds. The number of benzene rings is 2. The Kier molecular flexibility index (Phi) is 5.61. The molecule has 9 heteroatoms. The minimum absolute atomic E-state index is 0.177. The SMILES string of the molecule is COC(=O)C(=Cc1ccccc1)c1ccc(OC(F)(F)F)cc1[N+](=O)[O-]. The molecule has 0 aromatic heterocycles. The average Bonchev–Trinajstić information content (AvgIpc) is 2.58. The highest BCUT2D eigenvalue weighted by molar-refractivity contribution is 6.22. The highest BCUT2D eigenvalue weighted by Crippen LogP contribution is 2.34. The van der Waals surface area contributed by atoms with Gasteiger partial charge in [0.15, 0.2) is 0 Å². The van der Waals surface area contributed by atoms with Crippen LogP contribution in [-0.2, 0) is 9.53 Å². The molecule has 2 rings (SSSR count). The van der Waals surface area contributed by atoms with Gasteiger partial charge in [-0.3, -0.25) is 10.1 Å². The molecule has 0 aliphatic carbocycles. The molecule has 0 saturated heterocycles. The number of hydrogen-bond donors (Lipinski definition) is 0. The third-order valence-corrected chi connectivity index (χ3v) is 3.21. The number of nitrogens with zero attached hydrogens (tertiary/aromatic N) is 1. The molecule has 0 radical (unpaired) electrons. The molecule has 0 fully saturated rings. The lowest BCUT2D eigenvalue weighted by molar-refractivity contribution is -0.385. The van der Waals surface area contributed by atoms with E-state index in [2.05, 4.69) is 9.47 Å². The number of esters is 1. The number of hydrogen-bond acceptors (Lipinski definition) is 5. The Hall–Kier alpha value is -3.36. The number of halogens is 3. The predicted octanol–water partition coefficient (Wildman–Crippen LogP) is 4.21. The van der Waals surface area contributed by atoms with E-state index >= 15 is 0 Å². The van der Waals surface area contributed by atoms with E-state index in [-0.39, 0.29) is 11.1 Å². The summed E-state index contributed by atoms with van der Waals surface area (Å²) in [4.78, 5) is 22.5. The standard InChI is InChI=1S/C17H12F3NO5/c1-25-16(22)14(9-11-5-3-2-4-6-11)13-8-7-12(26-17(18,19)20)10-15(13)21(23)24/h2-10H,1H3. The van der Waals surface area contributed by atoms with E-state index in [0.717, 1.165) is 19.2 Å². The van der Waals surface area contributed by atoms with Crippen molar-refractivity contribution in [2.24, 2.45) is 0 Å². The summed E-state index contributed by atoms with van der Waals surface area (Å²) in [6.45, 7) is 0. The van der Waals surface area contributed by atoms with E-state index in [1.54, 1.807) is 30.3 Å². The van der Waals surface area contributed by atoms with Crippen molar-refractivity contribution in [3.63, 3.8) is 0 Å². The van der Waals surface area contributed by atoms with Crippen molar-refractivity contribution in [1.29, 1.82) is 0 Å². The molecule has 0 aliphatic rings. The smallest absolute Gasteiger partial charge is 0.465 e. The fourth-order valence-corrected chi connectivity index (χ4v) is 2.16. The highest BCUT2D eigenvalue weighted by atomic mass is 19.4. The van der Waals surface area contributed by atoms with Crippen LogP contribution in [0.1, 0.15) is 11.1 Å². The Bertz CT molecular complexity index is 847. The zero-order chi connectivity index (χ0) is 19.3. The van der Waals surface area contributed by atoms with Crippen LogP contribution in [0.25, 0.3) is 11.6 Å². The molecule has 0 heterocycles. The number of alkyl halides is 3. The van der Waals surface area contributed by atoms with E-state index in [9.17, 15) is 28.1 Å². The lowest BCUT2D eigenvalue weighted by atomic mass is 10.0. The van der Waals surface area contributed by atoms with Gasteiger partial charge in [-0.1, -0.05) is 30.3 Å². The summed E-state index contributed by atoms with van der Waals surface area (Å²) in [5, 5.41) is 11.3. The van der Waals surface area contributed by atoms with Crippen LogP contribution < -0.4 is 4.74 Å². The second kappa shape index (κ2) is 7.68. The van der Waals surface area contributed by atoms with Crippen LogP contribution in [-0.4, -0.2) is 24.4 Å². The number of nitro benzene ring substituents is 1. The van der Waals surface area contributed by atoms with Crippen LogP contribution in [0.2, 0.25) is 0 Å². The Labute approximate surface area is 145 Å². The summed E-state index contributed by atoms with van der Waals surface area (Å²) in [6, 6.07) is 10.9. The summed E-state index contributed by atoms with van der Waals surface area (Å²) in [5.74, 6) is -1.64. The summed E-state index contributed by atoms with van der Waals surface area (Å²) < 4.78 is 45.3. The van der Waals surface area contributed by atoms with Gasteiger partial charge in [0.25, 0.3) is 5.69 Å². The topological polar surface area (TPSA) is 78.7 Å². The second-order valence-corrected chi connectivity index (χ2v) is 4.94. The molecule has 2 aromatic rings. The van der Waals surface area contributed by atoms with Crippen LogP contribution in [0, 0.1) is 10.1 Å². The molecule has 0 unspecified atom stereocenters. The molecule has 26 heavy (non-hydrogen) atoms. The van der Waals surface area contributed by atoms with E-state index in [0.29, 0.717) is 11.6 Å². The molecule has 6 nitrogen and oxygen atoms in total. The second-order valence-electron chi connectivity index (χ2n) is 4.94. The normalized spacial score (nSPS) is 11.8. The fourth-order valence-electron chi connectivity index (χ4n) is 2.16. The maximum atomic E-state index is 12.3. The van der Waals surface area contributed by atoms with Crippen LogP contribution in [0.3, 0.4) is 0 Å². The van der Waals surface area contributed by atoms with E-state index in [1.165, 1.54) is 6.08 Å². The molecular weight excluding hydrogens is 355 g/mol. The largest absolute Gasteiger partial charge is 0.573 e. The van der Waals surface area contributed by atoms with Crippen LogP contribution in [0.5, 0.6) is 5.75 Å². The highest BCUT2D eigenvalue weighted by Gasteiger charge is 2.32. The van der Waals surface area contributed by atoms with Gasteiger partial charge in [-0.2, -0.15) is 0 Å². The summed E-state index contributed by atoms with van der Waals surface area (Å²) in [6.07, 6.45) is -3.65. The number of methoxy groups -OCH3 is 1. The van der Waals surface area contributed by atoms with Crippen LogP contribution in [0.15, 0.2) is 48.5 Å². The summed E-state index contributed by atoms with van der Waals surface area (Å²) in [7, 11) is 1.09. The van der Waals surface area contributed by atoms with Gasteiger partial charge in [0.05, 0.1) is 29.2 Å². The Morgan fingerprint density at radius 2 is 1.81 bits per heavy atom. The Morgan fingerprint density at radius 3 is 2.35 bits per heavy atom. The van der Waals surface area contributed by atoms with Crippen LogP contribution >= 0.6 is 0 Å². The molecule has 0 saturated carbocycles. The zero-order valence-electron chi connectivity index (χ0n) is 13.3. The first kappa shape index (κ1) is 19.0. The van der Waals surface area contributed by atoms with Gasteiger partial charge >= 0.3 is 12.3 Å². The zero-order valence-corrected chi connectivity index (χ0v) is 13.3. The van der Waals surface area contributed by atoms with Gasteiger partial charge in [-0.05, 0) is 23.8 Å². The van der Waals surface area contributed by atoms with Crippen molar-refractivity contribution in [2.45, 2.75) is 6.36 Å². The van der Waals surface area contributed by atoms with Crippen molar-refractivity contribution in [3.8, 4) is 5.75 Å². The Morgan fingerprint density at radius 1 is 1.15 bits per heavy atom. The monoisotopic (exact) mass is 367 g/mol. The molecule has 0 spiro atoms. The van der Waals surface area contributed by atoms with Crippen molar-refractivity contribution in [2.75, 3.05) is 7.11 Å². The van der Waals surface area contributed by atoms with Crippen molar-refractivity contribution < 1.29 is 32.4 Å². The minimum Gasteiger partial charge on any atom is -0.465 e. The van der Waals surface area contributed by atoms with Crippen LogP contribution in [0.4, 0.5) is 18.9 Å². The van der Waals surface area contributed by atoms with Crippen molar-refractivity contribution in [3.05, 3.63) is 69.8 Å². The van der Waals surface area contributed by atoms with E-state index in [1.807, 2.05) is 0 Å². The first-order valence-corrected chi connectivity index (χ1v) is 7.11. The maximum Gasteiger partial charge on any atom is 0.573 e. The quantitative estimate of drug-likeness (QED) is 0.260. The minimum atomic E-state index is -5.00. The van der Waals surface area contributed by atoms with Gasteiger partial charge < -0.3 is 9.47 Å². The third-order valence-electron chi connectivity index (χ3n) is 3.21. The molecule has 0 bridgehead atoms. The van der Waals surface area contributed by atoms with Gasteiger partial charge in [0, 0.05) is 0 Å². The third kappa shape index (κ3) is 4.82. The molecular formula is C17H12F3NO5. The van der Waals surface area contributed by atoms with Gasteiger partial charge in [-0.15, -0.1) is 13.2 Å². The molecule has 0 aliphatic heterocycles. The molecule has 0 N–H and O–H groups in total. The van der Waals surface area contributed by atoms with Gasteiger partial charge in [-0.25, -0.2) is 4.79 Å². The van der Waals surface area contributed by atoms with E-state index < -0.39 is 28.7 Å². The average molecular weight is 367 g/mol. The molecule has 136 valence electrons. The van der Waals surface area contributed by atoms with Gasteiger partial charge in [0.1, 0.15) is 5.75 Å². The maximum absolute atomic E-state index is 12.3. The first-order chi connectivity index (χ1) is 12.2. The first-order valence-electron chi connectivity index (χ1n) is 7.11. The summed E-state index contributed by atoms with van der Waals surface area (Å²) >= 11 is 0. The fraction of sp³-hybridized carbons (Fsp3) is 0.118. The van der Waals surface area contributed by atoms with Gasteiger partial charge in [0.2, 0.25) is 0 Å². The number of ether oxygens (including phenoxy) is 2. The Balaban J connectivity index is 2.59. The molecule has 0 atom stereocenters. The lowest BCUT2D eigenvalue weighted by Crippen LogP contribution is -2.17. The number of nitro groups is 1. The summed E-state index contributed by atoms with van der Waals surface area (Å²) in [5.41, 5.74) is -0.540. The number of rotatable bonds is 5. The van der Waals surface area contributed by atoms with Crippen molar-refractivity contribution >= 4 is 23.3 Å². The lowest BCUT2D eigenvalue weighted by Gasteiger charge is -2.11.